The molecule has 1 fully saturated rings. The molecule has 1 heterocycles. The molecular weight excluding hydrogens is 200 g/mol. The summed E-state index contributed by atoms with van der Waals surface area (Å²) in [6.07, 6.45) is 2.15. The van der Waals surface area contributed by atoms with E-state index in [9.17, 15) is 4.79 Å². The van der Waals surface area contributed by atoms with Crippen molar-refractivity contribution in [2.24, 2.45) is 0 Å². The van der Waals surface area contributed by atoms with Crippen LogP contribution in [0.5, 0.6) is 0 Å². The Morgan fingerprint density at radius 1 is 1.56 bits per heavy atom. The van der Waals surface area contributed by atoms with Crippen molar-refractivity contribution in [3.8, 4) is 6.07 Å². The number of likely N-dealkylation sites (tertiary alicyclic amines) is 1. The van der Waals surface area contributed by atoms with Crippen LogP contribution in [0.2, 0.25) is 0 Å². The van der Waals surface area contributed by atoms with Crippen molar-refractivity contribution in [1.82, 2.24) is 4.90 Å². The fourth-order valence-corrected chi connectivity index (χ4v) is 2.12. The molecule has 1 saturated heterocycles. The van der Waals surface area contributed by atoms with Gasteiger partial charge in [0.15, 0.2) is 0 Å². The minimum absolute atomic E-state index is 0.0436. The second-order valence-electron chi connectivity index (χ2n) is 4.18. The number of hydrogen-bond acceptors (Lipinski definition) is 2. The third-order valence-corrected chi connectivity index (χ3v) is 3.05. The minimum atomic E-state index is 0.0436. The van der Waals surface area contributed by atoms with E-state index in [4.69, 9.17) is 5.26 Å². The number of hydrogen-bond donors (Lipinski definition) is 0. The van der Waals surface area contributed by atoms with Crippen molar-refractivity contribution in [2.75, 3.05) is 6.54 Å². The predicted octanol–water partition coefficient (Wildman–Crippen LogP) is 2.18. The smallest absolute Gasteiger partial charge is 0.254 e. The van der Waals surface area contributed by atoms with E-state index in [1.165, 1.54) is 0 Å². The van der Waals surface area contributed by atoms with Gasteiger partial charge in [-0.3, -0.25) is 4.79 Å². The maximum atomic E-state index is 12.1. The van der Waals surface area contributed by atoms with Crippen LogP contribution in [-0.4, -0.2) is 23.4 Å². The van der Waals surface area contributed by atoms with Gasteiger partial charge in [-0.2, -0.15) is 5.26 Å². The maximum absolute atomic E-state index is 12.1. The van der Waals surface area contributed by atoms with E-state index in [1.807, 2.05) is 4.90 Å². The number of carbonyl (C=O) groups is 1. The van der Waals surface area contributed by atoms with Crippen LogP contribution >= 0.6 is 0 Å². The van der Waals surface area contributed by atoms with Gasteiger partial charge in [0.05, 0.1) is 11.6 Å². The van der Waals surface area contributed by atoms with Gasteiger partial charge in [0.1, 0.15) is 0 Å². The van der Waals surface area contributed by atoms with E-state index in [-0.39, 0.29) is 5.91 Å². The summed E-state index contributed by atoms with van der Waals surface area (Å²) in [4.78, 5) is 14.0. The van der Waals surface area contributed by atoms with Gasteiger partial charge in [-0.15, -0.1) is 0 Å². The van der Waals surface area contributed by atoms with Crippen LogP contribution in [0.4, 0.5) is 0 Å². The van der Waals surface area contributed by atoms with Crippen LogP contribution in [-0.2, 0) is 0 Å². The quantitative estimate of drug-likeness (QED) is 0.719. The van der Waals surface area contributed by atoms with Crippen LogP contribution in [0, 0.1) is 11.3 Å². The summed E-state index contributed by atoms with van der Waals surface area (Å²) >= 11 is 0. The average Bonchev–Trinajstić information content (AvgIpc) is 2.74. The van der Waals surface area contributed by atoms with Crippen LogP contribution in [0.15, 0.2) is 24.3 Å². The first-order valence-corrected chi connectivity index (χ1v) is 5.53. The van der Waals surface area contributed by atoms with Crippen molar-refractivity contribution < 1.29 is 4.79 Å². The number of nitriles is 1. The molecule has 3 nitrogen and oxygen atoms in total. The highest BCUT2D eigenvalue weighted by molar-refractivity contribution is 5.94. The van der Waals surface area contributed by atoms with Crippen LogP contribution in [0.1, 0.15) is 35.7 Å². The normalized spacial score (nSPS) is 19.5. The molecule has 1 aliphatic heterocycles. The Hall–Kier alpha value is -1.82. The third-order valence-electron chi connectivity index (χ3n) is 3.05. The Morgan fingerprint density at radius 3 is 3.00 bits per heavy atom. The van der Waals surface area contributed by atoms with Gasteiger partial charge >= 0.3 is 0 Å². The lowest BCUT2D eigenvalue weighted by molar-refractivity contribution is 0.0747. The highest BCUT2D eigenvalue weighted by Gasteiger charge is 2.25. The summed E-state index contributed by atoms with van der Waals surface area (Å²) < 4.78 is 0. The molecular formula is C13H14N2O. The van der Waals surface area contributed by atoms with Crippen molar-refractivity contribution in [2.45, 2.75) is 25.8 Å². The zero-order valence-corrected chi connectivity index (χ0v) is 9.31. The molecule has 3 heteroatoms. The zero-order chi connectivity index (χ0) is 11.5. The number of rotatable bonds is 1. The lowest BCUT2D eigenvalue weighted by Crippen LogP contribution is -2.33. The Labute approximate surface area is 95.3 Å². The second-order valence-corrected chi connectivity index (χ2v) is 4.18. The summed E-state index contributed by atoms with van der Waals surface area (Å²) in [5.41, 5.74) is 1.16. The fraction of sp³-hybridized carbons (Fsp3) is 0.385. The SMILES string of the molecule is CC1CCCN1C(=O)c1cccc(C#N)c1. The molecule has 0 aromatic heterocycles. The summed E-state index contributed by atoms with van der Waals surface area (Å²) in [7, 11) is 0. The van der Waals surface area contributed by atoms with Gasteiger partial charge in [0, 0.05) is 18.2 Å². The second kappa shape index (κ2) is 4.36. The monoisotopic (exact) mass is 214 g/mol. The van der Waals surface area contributed by atoms with Gasteiger partial charge in [0.2, 0.25) is 0 Å². The summed E-state index contributed by atoms with van der Waals surface area (Å²) in [5.74, 6) is 0.0436. The predicted molar refractivity (Wildman–Crippen MR) is 60.9 cm³/mol. The maximum Gasteiger partial charge on any atom is 0.254 e. The summed E-state index contributed by atoms with van der Waals surface area (Å²) in [5, 5.41) is 8.79. The Morgan fingerprint density at radius 2 is 2.38 bits per heavy atom. The highest BCUT2D eigenvalue weighted by Crippen LogP contribution is 2.19. The fourth-order valence-electron chi connectivity index (χ4n) is 2.12. The Balaban J connectivity index is 2.24. The van der Waals surface area contributed by atoms with Gasteiger partial charge in [0.25, 0.3) is 5.91 Å². The van der Waals surface area contributed by atoms with Crippen LogP contribution in [0.25, 0.3) is 0 Å². The summed E-state index contributed by atoms with van der Waals surface area (Å²) in [6, 6.07) is 9.27. The van der Waals surface area contributed by atoms with E-state index in [1.54, 1.807) is 24.3 Å². The molecule has 2 rings (SSSR count). The molecule has 1 aromatic rings. The minimum Gasteiger partial charge on any atom is -0.336 e. The number of amides is 1. The molecule has 0 spiro atoms. The molecule has 82 valence electrons. The van der Waals surface area contributed by atoms with Gasteiger partial charge in [-0.05, 0) is 38.0 Å². The Bertz CT molecular complexity index is 447. The molecule has 16 heavy (non-hydrogen) atoms. The molecule has 1 amide bonds. The molecule has 1 aromatic carbocycles. The van der Waals surface area contributed by atoms with E-state index in [0.717, 1.165) is 19.4 Å². The lowest BCUT2D eigenvalue weighted by Gasteiger charge is -2.21. The van der Waals surface area contributed by atoms with Gasteiger partial charge in [-0.25, -0.2) is 0 Å². The molecule has 0 radical (unpaired) electrons. The van der Waals surface area contributed by atoms with Crippen LogP contribution in [0.3, 0.4) is 0 Å². The van der Waals surface area contributed by atoms with E-state index >= 15 is 0 Å². The standard InChI is InChI=1S/C13H14N2O/c1-10-4-3-7-15(10)13(16)12-6-2-5-11(8-12)9-14/h2,5-6,8,10H,3-4,7H2,1H3. The average molecular weight is 214 g/mol. The van der Waals surface area contributed by atoms with Crippen molar-refractivity contribution in [1.29, 1.82) is 5.26 Å². The zero-order valence-electron chi connectivity index (χ0n) is 9.31. The first kappa shape index (κ1) is 10.7. The first-order chi connectivity index (χ1) is 7.72. The number of carbonyl (C=O) groups excluding carboxylic acids is 1. The number of benzene rings is 1. The van der Waals surface area contributed by atoms with E-state index in [0.29, 0.717) is 17.2 Å². The third kappa shape index (κ3) is 1.92. The lowest BCUT2D eigenvalue weighted by atomic mass is 10.1. The topological polar surface area (TPSA) is 44.1 Å². The summed E-state index contributed by atoms with van der Waals surface area (Å²) in [6.45, 7) is 2.90. The van der Waals surface area contributed by atoms with Crippen molar-refractivity contribution >= 4 is 5.91 Å². The molecule has 0 N–H and O–H groups in total. The number of nitrogens with zero attached hydrogens (tertiary/aromatic N) is 2. The van der Waals surface area contributed by atoms with Gasteiger partial charge < -0.3 is 4.90 Å². The molecule has 0 bridgehead atoms. The molecule has 1 aliphatic rings. The van der Waals surface area contributed by atoms with E-state index < -0.39 is 0 Å². The molecule has 1 atom stereocenters. The highest BCUT2D eigenvalue weighted by atomic mass is 16.2. The first-order valence-electron chi connectivity index (χ1n) is 5.53. The van der Waals surface area contributed by atoms with Crippen molar-refractivity contribution in [3.05, 3.63) is 35.4 Å². The Kier molecular flexibility index (Phi) is 2.91. The van der Waals surface area contributed by atoms with Gasteiger partial charge in [-0.1, -0.05) is 6.07 Å². The van der Waals surface area contributed by atoms with Crippen molar-refractivity contribution in [3.63, 3.8) is 0 Å². The van der Waals surface area contributed by atoms with Crippen LogP contribution < -0.4 is 0 Å². The molecule has 0 saturated carbocycles. The molecule has 1 unspecified atom stereocenters. The van der Waals surface area contributed by atoms with E-state index in [2.05, 4.69) is 13.0 Å². The molecule has 0 aliphatic carbocycles. The largest absolute Gasteiger partial charge is 0.336 e.